The Bertz CT molecular complexity index is 1110. The average Bonchev–Trinajstić information content (AvgIpc) is 3.12. The lowest BCUT2D eigenvalue weighted by molar-refractivity contribution is -0.122. The largest absolute Gasteiger partial charge is 0.497 e. The van der Waals surface area contributed by atoms with Crippen molar-refractivity contribution in [1.29, 1.82) is 0 Å². The summed E-state index contributed by atoms with van der Waals surface area (Å²) in [5.41, 5.74) is 0.849. The third kappa shape index (κ3) is 4.59. The van der Waals surface area contributed by atoms with Crippen LogP contribution in [0.1, 0.15) is 36.0 Å². The van der Waals surface area contributed by atoms with Crippen molar-refractivity contribution in [2.24, 2.45) is 11.8 Å². The minimum atomic E-state index is -0.744. The third-order valence-electron chi connectivity index (χ3n) is 6.20. The van der Waals surface area contributed by atoms with Gasteiger partial charge in [0.2, 0.25) is 11.8 Å². The van der Waals surface area contributed by atoms with Crippen molar-refractivity contribution in [3.63, 3.8) is 0 Å². The maximum Gasteiger partial charge on any atom is 0.338 e. The molecule has 1 heterocycles. The predicted octanol–water partition coefficient (Wildman–Crippen LogP) is 3.18. The molecule has 0 unspecified atom stereocenters. The van der Waals surface area contributed by atoms with Crippen molar-refractivity contribution in [1.82, 2.24) is 0 Å². The minimum absolute atomic E-state index is 0.139. The molecule has 9 nitrogen and oxygen atoms in total. The number of fused-ring (bicyclic) bond motifs is 1. The van der Waals surface area contributed by atoms with E-state index in [2.05, 4.69) is 5.32 Å². The molecule has 2 aromatic carbocycles. The first-order valence-corrected chi connectivity index (χ1v) is 11.1. The molecule has 0 bridgehead atoms. The number of amides is 3. The van der Waals surface area contributed by atoms with Gasteiger partial charge in [-0.3, -0.25) is 19.3 Å². The Morgan fingerprint density at radius 3 is 2.32 bits per heavy atom. The van der Waals surface area contributed by atoms with Gasteiger partial charge >= 0.3 is 5.97 Å². The van der Waals surface area contributed by atoms with E-state index in [4.69, 9.17) is 14.2 Å². The normalized spacial score (nSPS) is 19.4. The summed E-state index contributed by atoms with van der Waals surface area (Å²) >= 11 is 0. The molecule has 9 heteroatoms. The van der Waals surface area contributed by atoms with Crippen molar-refractivity contribution in [2.45, 2.75) is 25.7 Å². The van der Waals surface area contributed by atoms with Crippen LogP contribution < -0.4 is 19.7 Å². The number of hydrogen-bond donors (Lipinski definition) is 1. The maximum absolute atomic E-state index is 12.8. The number of nitrogens with one attached hydrogen (secondary N) is 1. The van der Waals surface area contributed by atoms with E-state index in [1.165, 1.54) is 31.3 Å². The van der Waals surface area contributed by atoms with E-state index in [9.17, 15) is 19.2 Å². The number of rotatable bonds is 7. The number of methoxy groups -OCH3 is 2. The zero-order valence-corrected chi connectivity index (χ0v) is 19.0. The van der Waals surface area contributed by atoms with Crippen molar-refractivity contribution < 1.29 is 33.4 Å². The van der Waals surface area contributed by atoms with E-state index in [0.717, 1.165) is 12.8 Å². The van der Waals surface area contributed by atoms with Crippen LogP contribution in [0.25, 0.3) is 0 Å². The van der Waals surface area contributed by atoms with Crippen LogP contribution in [-0.4, -0.2) is 44.5 Å². The van der Waals surface area contributed by atoms with Gasteiger partial charge in [0.15, 0.2) is 6.61 Å². The van der Waals surface area contributed by atoms with Crippen molar-refractivity contribution in [2.75, 3.05) is 31.0 Å². The molecule has 1 saturated heterocycles. The molecule has 2 aromatic rings. The molecular formula is C25H26N2O7. The first-order valence-electron chi connectivity index (χ1n) is 11.1. The molecule has 0 radical (unpaired) electrons. The van der Waals surface area contributed by atoms with E-state index < -0.39 is 18.5 Å². The summed E-state index contributed by atoms with van der Waals surface area (Å²) in [4.78, 5) is 51.8. The fraction of sp³-hybridized carbons (Fsp3) is 0.360. The molecule has 0 aromatic heterocycles. The van der Waals surface area contributed by atoms with Crippen LogP contribution in [0.2, 0.25) is 0 Å². The van der Waals surface area contributed by atoms with Gasteiger partial charge in [0.25, 0.3) is 5.91 Å². The van der Waals surface area contributed by atoms with E-state index >= 15 is 0 Å². The molecule has 1 aliphatic heterocycles. The second-order valence-corrected chi connectivity index (χ2v) is 8.25. The highest BCUT2D eigenvalue weighted by Crippen LogP contribution is 2.40. The quantitative estimate of drug-likeness (QED) is 0.493. The number of hydrogen-bond acceptors (Lipinski definition) is 7. The van der Waals surface area contributed by atoms with Gasteiger partial charge in [-0.1, -0.05) is 18.9 Å². The lowest BCUT2D eigenvalue weighted by Gasteiger charge is -2.19. The molecule has 2 fully saturated rings. The molecule has 0 spiro atoms. The number of benzene rings is 2. The van der Waals surface area contributed by atoms with E-state index in [-0.39, 0.29) is 29.2 Å². The number of imide groups is 1. The maximum atomic E-state index is 12.8. The molecule has 3 amide bonds. The van der Waals surface area contributed by atoms with Crippen LogP contribution in [-0.2, 0) is 19.1 Å². The number of ether oxygens (including phenoxy) is 3. The summed E-state index contributed by atoms with van der Waals surface area (Å²) < 4.78 is 15.5. The summed E-state index contributed by atoms with van der Waals surface area (Å²) in [6.45, 7) is -0.533. The Morgan fingerprint density at radius 1 is 0.971 bits per heavy atom. The van der Waals surface area contributed by atoms with E-state index in [1.54, 1.807) is 30.3 Å². The van der Waals surface area contributed by atoms with Crippen molar-refractivity contribution in [3.05, 3.63) is 48.0 Å². The number of carbonyl (C=O) groups excluding carboxylic acids is 4. The van der Waals surface area contributed by atoms with E-state index in [1.807, 2.05) is 0 Å². The van der Waals surface area contributed by atoms with Gasteiger partial charge in [0, 0.05) is 6.07 Å². The Balaban J connectivity index is 1.41. The first kappa shape index (κ1) is 23.3. The monoisotopic (exact) mass is 466 g/mol. The molecule has 178 valence electrons. The molecule has 34 heavy (non-hydrogen) atoms. The molecule has 2 aliphatic rings. The minimum Gasteiger partial charge on any atom is -0.497 e. The third-order valence-corrected chi connectivity index (χ3v) is 6.20. The predicted molar refractivity (Wildman–Crippen MR) is 123 cm³/mol. The van der Waals surface area contributed by atoms with Crippen LogP contribution in [0.3, 0.4) is 0 Å². The number of anilines is 2. The van der Waals surface area contributed by atoms with Gasteiger partial charge in [0.05, 0.1) is 43.0 Å². The molecular weight excluding hydrogens is 440 g/mol. The highest BCUT2D eigenvalue weighted by molar-refractivity contribution is 6.22. The average molecular weight is 466 g/mol. The fourth-order valence-corrected chi connectivity index (χ4v) is 4.50. The summed E-state index contributed by atoms with van der Waals surface area (Å²) in [5, 5.41) is 2.62. The second-order valence-electron chi connectivity index (χ2n) is 8.25. The number of esters is 1. The second kappa shape index (κ2) is 9.94. The summed E-state index contributed by atoms with van der Waals surface area (Å²) in [7, 11) is 2.97. The zero-order valence-electron chi connectivity index (χ0n) is 19.0. The van der Waals surface area contributed by atoms with Gasteiger partial charge in [-0.25, -0.2) is 4.79 Å². The van der Waals surface area contributed by atoms with Crippen molar-refractivity contribution >= 4 is 35.1 Å². The smallest absolute Gasteiger partial charge is 0.338 e. The van der Waals surface area contributed by atoms with Crippen LogP contribution in [0, 0.1) is 11.8 Å². The van der Waals surface area contributed by atoms with Gasteiger partial charge < -0.3 is 19.5 Å². The van der Waals surface area contributed by atoms with Crippen LogP contribution in [0.5, 0.6) is 11.5 Å². The van der Waals surface area contributed by atoms with Gasteiger partial charge in [-0.15, -0.1) is 0 Å². The Labute approximate surface area is 197 Å². The lowest BCUT2D eigenvalue weighted by Crippen LogP contribution is -2.31. The summed E-state index contributed by atoms with van der Waals surface area (Å²) in [6.07, 6.45) is 3.29. The summed E-state index contributed by atoms with van der Waals surface area (Å²) in [6, 6.07) is 11.1. The van der Waals surface area contributed by atoms with Crippen LogP contribution >= 0.6 is 0 Å². The van der Waals surface area contributed by atoms with E-state index in [0.29, 0.717) is 35.7 Å². The molecule has 1 saturated carbocycles. The summed E-state index contributed by atoms with van der Waals surface area (Å²) in [5.74, 6) is -1.36. The lowest BCUT2D eigenvalue weighted by atomic mass is 9.81. The SMILES string of the molecule is COc1ccc(OC)c(NC(=O)COC(=O)c2cccc(N3C(=O)[C@H]4CCCC[C@H]4C3=O)c2)c1. The highest BCUT2D eigenvalue weighted by Gasteiger charge is 2.48. The highest BCUT2D eigenvalue weighted by atomic mass is 16.5. The standard InChI is InChI=1S/C25H26N2O7/c1-32-17-10-11-21(33-2)20(13-17)26-22(28)14-34-25(31)15-6-5-7-16(12-15)27-23(29)18-8-3-4-9-19(18)24(27)30/h5-7,10-13,18-19H,3-4,8-9,14H2,1-2H3,(H,26,28)/t18-,19+. The van der Waals surface area contributed by atoms with Gasteiger partial charge in [0.1, 0.15) is 11.5 Å². The topological polar surface area (TPSA) is 111 Å². The van der Waals surface area contributed by atoms with Crippen LogP contribution in [0.4, 0.5) is 11.4 Å². The van der Waals surface area contributed by atoms with Crippen molar-refractivity contribution in [3.8, 4) is 11.5 Å². The Morgan fingerprint density at radius 2 is 1.68 bits per heavy atom. The number of nitrogens with zero attached hydrogens (tertiary/aromatic N) is 1. The number of carbonyl (C=O) groups is 4. The van der Waals surface area contributed by atoms with Gasteiger partial charge in [-0.05, 0) is 43.2 Å². The fourth-order valence-electron chi connectivity index (χ4n) is 4.50. The first-order chi connectivity index (χ1) is 16.4. The molecule has 1 aliphatic carbocycles. The molecule has 2 atom stereocenters. The Kier molecular flexibility index (Phi) is 6.81. The molecule has 4 rings (SSSR count). The van der Waals surface area contributed by atoms with Gasteiger partial charge in [-0.2, -0.15) is 0 Å². The Hall–Kier alpha value is -3.88. The zero-order chi connectivity index (χ0) is 24.2. The molecule has 1 N–H and O–H groups in total. The van der Waals surface area contributed by atoms with Crippen LogP contribution in [0.15, 0.2) is 42.5 Å².